The number of nitrogens with one attached hydrogen (secondary N) is 2. The predicted octanol–water partition coefficient (Wildman–Crippen LogP) is 4.16. The van der Waals surface area contributed by atoms with E-state index in [1.807, 2.05) is 19.1 Å². The molecule has 0 radical (unpaired) electrons. The summed E-state index contributed by atoms with van der Waals surface area (Å²) in [6.45, 7) is 3.95. The maximum absolute atomic E-state index is 12.4. The molecule has 2 N–H and O–H groups in total. The summed E-state index contributed by atoms with van der Waals surface area (Å²) < 4.78 is 5.12. The second kappa shape index (κ2) is 8.73. The van der Waals surface area contributed by atoms with Gasteiger partial charge >= 0.3 is 0 Å². The van der Waals surface area contributed by atoms with Gasteiger partial charge in [0.1, 0.15) is 5.75 Å². The number of anilines is 1. The molecule has 1 aromatic heterocycles. The predicted molar refractivity (Wildman–Crippen MR) is 108 cm³/mol. The highest BCUT2D eigenvalue weighted by Crippen LogP contribution is 2.24. The molecule has 3 rings (SSSR count). The molecule has 0 saturated carbocycles. The largest absolute Gasteiger partial charge is 0.497 e. The molecule has 3 aromatic rings. The number of methoxy groups -OCH3 is 1. The molecule has 0 aliphatic rings. The fourth-order valence-corrected chi connectivity index (χ4v) is 3.18. The third-order valence-corrected chi connectivity index (χ3v) is 5.07. The first-order valence-electron chi connectivity index (χ1n) is 8.72. The van der Waals surface area contributed by atoms with Crippen LogP contribution in [0.2, 0.25) is 0 Å². The van der Waals surface area contributed by atoms with Gasteiger partial charge in [0.2, 0.25) is 11.1 Å². The van der Waals surface area contributed by atoms with E-state index in [2.05, 4.69) is 39.6 Å². The summed E-state index contributed by atoms with van der Waals surface area (Å²) in [5, 5.41) is 10.2. The minimum absolute atomic E-state index is 0.108. The van der Waals surface area contributed by atoms with Crippen LogP contribution in [0.25, 0.3) is 11.4 Å². The number of nitrogens with zero attached hydrogens (tertiary/aromatic N) is 2. The van der Waals surface area contributed by atoms with Crippen LogP contribution in [0.1, 0.15) is 19.4 Å². The van der Waals surface area contributed by atoms with E-state index < -0.39 is 0 Å². The summed E-state index contributed by atoms with van der Waals surface area (Å²) in [7, 11) is 1.61. The topological polar surface area (TPSA) is 79.9 Å². The average molecular weight is 382 g/mol. The fraction of sp³-hybridized carbons (Fsp3) is 0.250. The Labute approximate surface area is 162 Å². The number of rotatable bonds is 7. The first-order chi connectivity index (χ1) is 13.1. The summed E-state index contributed by atoms with van der Waals surface area (Å²) >= 11 is 1.31. The Balaban J connectivity index is 1.60. The lowest BCUT2D eigenvalue weighted by Crippen LogP contribution is -2.22. The number of aromatic nitrogens is 3. The zero-order valence-electron chi connectivity index (χ0n) is 15.5. The number of aromatic amines is 1. The van der Waals surface area contributed by atoms with Crippen molar-refractivity contribution in [2.24, 2.45) is 0 Å². The first kappa shape index (κ1) is 19.0. The standard InChI is InChI=1S/C20H22N4O2S/c1-4-14-5-7-15(8-6-14)18-22-20(24-23-18)27-13(2)19(25)21-16-9-11-17(26-3)12-10-16/h5-13H,4H2,1-3H3,(H,21,25)(H,22,23,24)/t13-/m1/s1. The second-order valence-corrected chi connectivity index (χ2v) is 7.30. The normalized spacial score (nSPS) is 11.8. The molecule has 0 aliphatic heterocycles. The van der Waals surface area contributed by atoms with Crippen molar-refractivity contribution in [2.45, 2.75) is 30.7 Å². The number of ether oxygens (including phenoxy) is 1. The number of thioether (sulfide) groups is 1. The quantitative estimate of drug-likeness (QED) is 0.600. The van der Waals surface area contributed by atoms with Gasteiger partial charge in [-0.25, -0.2) is 4.98 Å². The zero-order chi connectivity index (χ0) is 19.2. The molecule has 0 saturated heterocycles. The Morgan fingerprint density at radius 3 is 2.52 bits per heavy atom. The molecule has 0 spiro atoms. The van der Waals surface area contributed by atoms with Crippen LogP contribution in [0, 0.1) is 0 Å². The smallest absolute Gasteiger partial charge is 0.237 e. The van der Waals surface area contributed by atoms with E-state index in [4.69, 9.17) is 4.74 Å². The van der Waals surface area contributed by atoms with Gasteiger partial charge in [0.25, 0.3) is 0 Å². The number of amides is 1. The maximum Gasteiger partial charge on any atom is 0.237 e. The number of benzene rings is 2. The van der Waals surface area contributed by atoms with Crippen molar-refractivity contribution >= 4 is 23.4 Å². The van der Waals surface area contributed by atoms with Crippen LogP contribution in [0.4, 0.5) is 5.69 Å². The minimum Gasteiger partial charge on any atom is -0.497 e. The third-order valence-electron chi connectivity index (χ3n) is 4.11. The summed E-state index contributed by atoms with van der Waals surface area (Å²) in [4.78, 5) is 16.9. The number of hydrogen-bond donors (Lipinski definition) is 2. The molecule has 140 valence electrons. The van der Waals surface area contributed by atoms with Crippen molar-refractivity contribution < 1.29 is 9.53 Å². The van der Waals surface area contributed by atoms with E-state index in [1.165, 1.54) is 17.3 Å². The Hall–Kier alpha value is -2.80. The molecule has 0 bridgehead atoms. The maximum atomic E-state index is 12.4. The number of carbonyl (C=O) groups excluding carboxylic acids is 1. The van der Waals surface area contributed by atoms with Crippen LogP contribution >= 0.6 is 11.8 Å². The number of H-pyrrole nitrogens is 1. The van der Waals surface area contributed by atoms with E-state index in [9.17, 15) is 4.79 Å². The molecule has 1 amide bonds. The van der Waals surface area contributed by atoms with Crippen molar-refractivity contribution in [3.05, 3.63) is 54.1 Å². The van der Waals surface area contributed by atoms with Crippen molar-refractivity contribution in [1.29, 1.82) is 0 Å². The molecule has 7 heteroatoms. The van der Waals surface area contributed by atoms with Crippen LogP contribution < -0.4 is 10.1 Å². The van der Waals surface area contributed by atoms with Gasteiger partial charge in [-0.05, 0) is 43.2 Å². The Bertz CT molecular complexity index is 891. The molecule has 0 fully saturated rings. The summed E-state index contributed by atoms with van der Waals surface area (Å²) in [6, 6.07) is 15.4. The lowest BCUT2D eigenvalue weighted by molar-refractivity contribution is -0.115. The molecular weight excluding hydrogens is 360 g/mol. The van der Waals surface area contributed by atoms with Crippen LogP contribution in [0.5, 0.6) is 5.75 Å². The van der Waals surface area contributed by atoms with Gasteiger partial charge in [-0.2, -0.15) is 0 Å². The zero-order valence-corrected chi connectivity index (χ0v) is 16.3. The van der Waals surface area contributed by atoms with Gasteiger partial charge in [-0.3, -0.25) is 9.89 Å². The van der Waals surface area contributed by atoms with Gasteiger partial charge in [0.15, 0.2) is 5.82 Å². The monoisotopic (exact) mass is 382 g/mol. The molecule has 1 heterocycles. The summed E-state index contributed by atoms with van der Waals surface area (Å²) in [5.74, 6) is 1.34. The van der Waals surface area contributed by atoms with E-state index in [-0.39, 0.29) is 11.2 Å². The molecule has 27 heavy (non-hydrogen) atoms. The van der Waals surface area contributed by atoms with Crippen LogP contribution in [-0.2, 0) is 11.2 Å². The Morgan fingerprint density at radius 2 is 1.89 bits per heavy atom. The molecule has 0 aliphatic carbocycles. The second-order valence-electron chi connectivity index (χ2n) is 5.99. The van der Waals surface area contributed by atoms with Crippen molar-refractivity contribution in [1.82, 2.24) is 15.2 Å². The highest BCUT2D eigenvalue weighted by molar-refractivity contribution is 8.00. The van der Waals surface area contributed by atoms with E-state index >= 15 is 0 Å². The third kappa shape index (κ3) is 4.89. The molecule has 2 aromatic carbocycles. The number of aryl methyl sites for hydroxylation is 1. The lowest BCUT2D eigenvalue weighted by atomic mass is 10.1. The van der Waals surface area contributed by atoms with E-state index in [0.717, 1.165) is 23.4 Å². The summed E-state index contributed by atoms with van der Waals surface area (Å²) in [5.41, 5.74) is 2.97. The van der Waals surface area contributed by atoms with E-state index in [1.54, 1.807) is 31.4 Å². The van der Waals surface area contributed by atoms with Crippen molar-refractivity contribution in [3.8, 4) is 17.1 Å². The number of carbonyl (C=O) groups is 1. The Morgan fingerprint density at radius 1 is 1.19 bits per heavy atom. The van der Waals surface area contributed by atoms with Gasteiger partial charge in [0.05, 0.1) is 12.4 Å². The van der Waals surface area contributed by atoms with Crippen molar-refractivity contribution in [3.63, 3.8) is 0 Å². The molecule has 0 unspecified atom stereocenters. The van der Waals surface area contributed by atoms with Crippen LogP contribution in [-0.4, -0.2) is 33.4 Å². The highest BCUT2D eigenvalue weighted by atomic mass is 32.2. The van der Waals surface area contributed by atoms with Crippen LogP contribution in [0.3, 0.4) is 0 Å². The molecule has 6 nitrogen and oxygen atoms in total. The van der Waals surface area contributed by atoms with E-state index in [0.29, 0.717) is 11.0 Å². The lowest BCUT2D eigenvalue weighted by Gasteiger charge is -2.10. The number of hydrogen-bond acceptors (Lipinski definition) is 5. The molecule has 1 atom stereocenters. The SMILES string of the molecule is CCc1ccc(-c2nc(S[C@H](C)C(=O)Nc3ccc(OC)cc3)n[nH]2)cc1. The Kier molecular flexibility index (Phi) is 6.13. The van der Waals surface area contributed by atoms with Gasteiger partial charge in [0, 0.05) is 11.3 Å². The summed E-state index contributed by atoms with van der Waals surface area (Å²) in [6.07, 6.45) is 0.999. The van der Waals surface area contributed by atoms with Gasteiger partial charge in [-0.1, -0.05) is 43.0 Å². The van der Waals surface area contributed by atoms with Gasteiger partial charge in [-0.15, -0.1) is 5.10 Å². The minimum atomic E-state index is -0.335. The highest BCUT2D eigenvalue weighted by Gasteiger charge is 2.17. The molecular formula is C20H22N4O2S. The first-order valence-corrected chi connectivity index (χ1v) is 9.60. The average Bonchev–Trinajstić information content (AvgIpc) is 3.17. The van der Waals surface area contributed by atoms with Crippen LogP contribution in [0.15, 0.2) is 53.7 Å². The van der Waals surface area contributed by atoms with Gasteiger partial charge < -0.3 is 10.1 Å². The fourth-order valence-electron chi connectivity index (χ4n) is 2.46. The van der Waals surface area contributed by atoms with Crippen molar-refractivity contribution in [2.75, 3.05) is 12.4 Å².